The lowest BCUT2D eigenvalue weighted by Gasteiger charge is -2.18. The first-order chi connectivity index (χ1) is 11.5. The maximum absolute atomic E-state index is 12.1. The molecule has 1 rings (SSSR count). The average Bonchev–Trinajstić information content (AvgIpc) is 2.54. The summed E-state index contributed by atoms with van der Waals surface area (Å²) in [6, 6.07) is 10.4. The predicted octanol–water partition coefficient (Wildman–Crippen LogP) is 3.93. The Balaban J connectivity index is 0.00000576. The molecule has 0 saturated carbocycles. The Morgan fingerprint density at radius 2 is 1.84 bits per heavy atom. The molecule has 0 fully saturated rings. The van der Waals surface area contributed by atoms with Crippen LogP contribution in [0.25, 0.3) is 0 Å². The van der Waals surface area contributed by atoms with Crippen molar-refractivity contribution in [3.8, 4) is 0 Å². The second-order valence-electron chi connectivity index (χ2n) is 6.64. The quantitative estimate of drug-likeness (QED) is 0.304. The van der Waals surface area contributed by atoms with Gasteiger partial charge in [0, 0.05) is 41.9 Å². The summed E-state index contributed by atoms with van der Waals surface area (Å²) < 4.78 is 12.1. The molecule has 2 atom stereocenters. The Hall–Kier alpha value is -0.630. The first kappa shape index (κ1) is 24.4. The minimum Gasteiger partial charge on any atom is -0.355 e. The van der Waals surface area contributed by atoms with E-state index >= 15 is 0 Å². The fourth-order valence-electron chi connectivity index (χ4n) is 2.45. The van der Waals surface area contributed by atoms with Crippen LogP contribution in [-0.2, 0) is 16.6 Å². The minimum absolute atomic E-state index is 0. The first-order valence-electron chi connectivity index (χ1n) is 8.87. The van der Waals surface area contributed by atoms with E-state index in [9.17, 15) is 4.21 Å². The predicted molar refractivity (Wildman–Crippen MR) is 121 cm³/mol. The second-order valence-corrected chi connectivity index (χ2v) is 8.22. The molecular weight excluding hydrogens is 445 g/mol. The van der Waals surface area contributed by atoms with Crippen LogP contribution in [0.15, 0.2) is 35.3 Å². The van der Waals surface area contributed by atoms with Crippen LogP contribution >= 0.6 is 24.0 Å². The Labute approximate surface area is 173 Å². The summed E-state index contributed by atoms with van der Waals surface area (Å²) in [6.07, 6.45) is 3.62. The largest absolute Gasteiger partial charge is 0.355 e. The molecule has 144 valence electrons. The standard InChI is InChI=1S/C19H33N3OS.HI/c1-16(2)9-8-10-17(3)22-19(20-4)21-13-14-24(23)15-18-11-6-5-7-12-18;/h5-7,11-12,16-17H,8-10,13-15H2,1-4H3,(H2,20,21,22);1H. The Morgan fingerprint density at radius 1 is 1.16 bits per heavy atom. The summed E-state index contributed by atoms with van der Waals surface area (Å²) in [5.41, 5.74) is 1.12. The molecule has 2 N–H and O–H groups in total. The number of rotatable bonds is 10. The van der Waals surface area contributed by atoms with Crippen LogP contribution in [0, 0.1) is 5.92 Å². The van der Waals surface area contributed by atoms with Crippen LogP contribution < -0.4 is 10.6 Å². The minimum atomic E-state index is -0.857. The molecular formula is C19H34IN3OS. The molecule has 0 heterocycles. The van der Waals surface area contributed by atoms with Gasteiger partial charge in [-0.25, -0.2) is 0 Å². The number of benzene rings is 1. The summed E-state index contributed by atoms with van der Waals surface area (Å²) in [4.78, 5) is 4.25. The second kappa shape index (κ2) is 14.5. The molecule has 4 nitrogen and oxygen atoms in total. The maximum atomic E-state index is 12.1. The number of hydrogen-bond donors (Lipinski definition) is 2. The summed E-state index contributed by atoms with van der Waals surface area (Å²) in [5.74, 6) is 2.79. The Morgan fingerprint density at radius 3 is 2.44 bits per heavy atom. The van der Waals surface area contributed by atoms with Crippen LogP contribution in [0.3, 0.4) is 0 Å². The highest BCUT2D eigenvalue weighted by Crippen LogP contribution is 2.08. The number of nitrogens with zero attached hydrogens (tertiary/aromatic N) is 1. The van der Waals surface area contributed by atoms with Crippen molar-refractivity contribution in [3.05, 3.63) is 35.9 Å². The number of aliphatic imine (C=N–C) groups is 1. The Kier molecular flexibility index (Phi) is 14.2. The lowest BCUT2D eigenvalue weighted by atomic mass is 10.0. The van der Waals surface area contributed by atoms with Gasteiger partial charge in [-0.15, -0.1) is 24.0 Å². The van der Waals surface area contributed by atoms with E-state index in [-0.39, 0.29) is 24.0 Å². The van der Waals surface area contributed by atoms with Crippen molar-refractivity contribution in [1.29, 1.82) is 0 Å². The zero-order valence-corrected chi connectivity index (χ0v) is 19.1. The highest BCUT2D eigenvalue weighted by molar-refractivity contribution is 14.0. The highest BCUT2D eigenvalue weighted by atomic mass is 127. The molecule has 0 aliphatic carbocycles. The molecule has 2 unspecified atom stereocenters. The third-order valence-electron chi connectivity index (χ3n) is 3.82. The van der Waals surface area contributed by atoms with Crippen molar-refractivity contribution in [2.75, 3.05) is 19.3 Å². The van der Waals surface area contributed by atoms with Crippen molar-refractivity contribution in [2.45, 2.75) is 51.8 Å². The van der Waals surface area contributed by atoms with Crippen molar-refractivity contribution >= 4 is 40.7 Å². The van der Waals surface area contributed by atoms with Gasteiger partial charge in [-0.05, 0) is 24.8 Å². The molecule has 0 amide bonds. The van der Waals surface area contributed by atoms with Gasteiger partial charge in [0.1, 0.15) is 0 Å². The fraction of sp³-hybridized carbons (Fsp3) is 0.632. The van der Waals surface area contributed by atoms with Gasteiger partial charge in [-0.1, -0.05) is 57.0 Å². The van der Waals surface area contributed by atoms with Crippen LogP contribution in [0.4, 0.5) is 0 Å². The molecule has 25 heavy (non-hydrogen) atoms. The topological polar surface area (TPSA) is 53.5 Å². The number of nitrogens with one attached hydrogen (secondary N) is 2. The average molecular weight is 479 g/mol. The summed E-state index contributed by atoms with van der Waals surface area (Å²) in [6.45, 7) is 7.36. The van der Waals surface area contributed by atoms with E-state index in [1.165, 1.54) is 12.8 Å². The molecule has 0 bridgehead atoms. The normalized spacial score (nSPS) is 13.9. The highest BCUT2D eigenvalue weighted by Gasteiger charge is 2.07. The lowest BCUT2D eigenvalue weighted by molar-refractivity contribution is 0.492. The summed E-state index contributed by atoms with van der Waals surface area (Å²) in [5, 5.41) is 6.67. The molecule has 0 spiro atoms. The smallest absolute Gasteiger partial charge is 0.191 e. The first-order valence-corrected chi connectivity index (χ1v) is 10.4. The van der Waals surface area contributed by atoms with E-state index in [0.29, 0.717) is 24.1 Å². The number of hydrogen-bond acceptors (Lipinski definition) is 2. The van der Waals surface area contributed by atoms with Crippen molar-refractivity contribution < 1.29 is 4.21 Å². The third kappa shape index (κ3) is 12.4. The summed E-state index contributed by atoms with van der Waals surface area (Å²) >= 11 is 0. The van der Waals surface area contributed by atoms with Gasteiger partial charge in [0.2, 0.25) is 0 Å². The van der Waals surface area contributed by atoms with E-state index < -0.39 is 10.8 Å². The maximum Gasteiger partial charge on any atom is 0.191 e. The van der Waals surface area contributed by atoms with Gasteiger partial charge < -0.3 is 10.6 Å². The zero-order chi connectivity index (χ0) is 17.8. The molecule has 0 saturated heterocycles. The van der Waals surface area contributed by atoms with Crippen LogP contribution in [-0.4, -0.2) is 35.6 Å². The molecule has 1 aromatic carbocycles. The lowest BCUT2D eigenvalue weighted by Crippen LogP contribution is -2.43. The van der Waals surface area contributed by atoms with E-state index in [1.54, 1.807) is 7.05 Å². The van der Waals surface area contributed by atoms with E-state index in [4.69, 9.17) is 0 Å². The van der Waals surface area contributed by atoms with Gasteiger partial charge in [0.15, 0.2) is 5.96 Å². The van der Waals surface area contributed by atoms with Crippen molar-refractivity contribution in [2.24, 2.45) is 10.9 Å². The third-order valence-corrected chi connectivity index (χ3v) is 5.13. The zero-order valence-electron chi connectivity index (χ0n) is 16.0. The Bertz CT molecular complexity index is 509. The summed E-state index contributed by atoms with van der Waals surface area (Å²) in [7, 11) is 0.917. The van der Waals surface area contributed by atoms with E-state index in [1.807, 2.05) is 30.3 Å². The van der Waals surface area contributed by atoms with Gasteiger partial charge in [-0.3, -0.25) is 9.20 Å². The van der Waals surface area contributed by atoms with Gasteiger partial charge in [0.25, 0.3) is 0 Å². The number of guanidine groups is 1. The molecule has 0 aliphatic rings. The molecule has 1 aromatic rings. The van der Waals surface area contributed by atoms with Gasteiger partial charge >= 0.3 is 0 Å². The number of halogens is 1. The monoisotopic (exact) mass is 479 g/mol. The van der Waals surface area contributed by atoms with Gasteiger partial charge in [0.05, 0.1) is 0 Å². The molecule has 0 aliphatic heterocycles. The van der Waals surface area contributed by atoms with Crippen molar-refractivity contribution in [1.82, 2.24) is 10.6 Å². The molecule has 0 radical (unpaired) electrons. The van der Waals surface area contributed by atoms with Gasteiger partial charge in [-0.2, -0.15) is 0 Å². The molecule has 0 aromatic heterocycles. The van der Waals surface area contributed by atoms with Crippen LogP contribution in [0.2, 0.25) is 0 Å². The fourth-order valence-corrected chi connectivity index (χ4v) is 3.49. The van der Waals surface area contributed by atoms with E-state index in [0.717, 1.165) is 23.9 Å². The SMILES string of the molecule is CN=C(NCCS(=O)Cc1ccccc1)NC(C)CCCC(C)C.I. The van der Waals surface area contributed by atoms with Crippen molar-refractivity contribution in [3.63, 3.8) is 0 Å². The van der Waals surface area contributed by atoms with E-state index in [2.05, 4.69) is 36.4 Å². The molecule has 6 heteroatoms. The van der Waals surface area contributed by atoms with Crippen LogP contribution in [0.5, 0.6) is 0 Å². The van der Waals surface area contributed by atoms with Crippen LogP contribution in [0.1, 0.15) is 45.6 Å².